The zero-order valence-electron chi connectivity index (χ0n) is 18.1. The molecule has 0 unspecified atom stereocenters. The van der Waals surface area contributed by atoms with Gasteiger partial charge in [0, 0.05) is 29.3 Å². The van der Waals surface area contributed by atoms with E-state index in [1.54, 1.807) is 0 Å². The summed E-state index contributed by atoms with van der Waals surface area (Å²) in [5.41, 5.74) is 8.68. The topological polar surface area (TPSA) is 29.7 Å². The normalized spacial score (nSPS) is 11.4. The van der Waals surface area contributed by atoms with E-state index < -0.39 is 0 Å². The zero-order valence-corrected chi connectivity index (χ0v) is 18.1. The van der Waals surface area contributed by atoms with Crippen LogP contribution in [0, 0.1) is 20.8 Å². The molecule has 0 amide bonds. The van der Waals surface area contributed by atoms with Crippen molar-refractivity contribution in [2.24, 2.45) is 7.05 Å². The lowest BCUT2D eigenvalue weighted by molar-refractivity contribution is -0.658. The maximum atomic E-state index is 4.59. The van der Waals surface area contributed by atoms with Gasteiger partial charge in [0.05, 0.1) is 16.5 Å². The SMILES string of the molecule is Cc1cc(C)c(C)c(-c2c3ccccc3c(-c3cnc(C(C)C)nc3)c[n+]2C)c1. The first-order valence-corrected chi connectivity index (χ1v) is 10.2. The lowest BCUT2D eigenvalue weighted by atomic mass is 9.93. The molecule has 146 valence electrons. The highest BCUT2D eigenvalue weighted by Gasteiger charge is 2.22. The van der Waals surface area contributed by atoms with Gasteiger partial charge in [-0.2, -0.15) is 4.57 Å². The quantitative estimate of drug-likeness (QED) is 0.417. The molecule has 2 aromatic heterocycles. The molecule has 0 radical (unpaired) electrons. The molecule has 3 nitrogen and oxygen atoms in total. The summed E-state index contributed by atoms with van der Waals surface area (Å²) < 4.78 is 2.25. The summed E-state index contributed by atoms with van der Waals surface area (Å²) >= 11 is 0. The van der Waals surface area contributed by atoms with E-state index in [4.69, 9.17) is 0 Å². The van der Waals surface area contributed by atoms with Crippen LogP contribution in [0.2, 0.25) is 0 Å². The maximum Gasteiger partial charge on any atom is 0.220 e. The zero-order chi connectivity index (χ0) is 20.7. The predicted octanol–water partition coefficient (Wildman–Crippen LogP) is 5.84. The Labute approximate surface area is 173 Å². The Hall–Kier alpha value is -3.07. The second kappa shape index (κ2) is 7.40. The van der Waals surface area contributed by atoms with E-state index in [0.29, 0.717) is 5.92 Å². The molecule has 0 spiro atoms. The summed E-state index contributed by atoms with van der Waals surface area (Å²) in [6.45, 7) is 10.8. The fourth-order valence-corrected chi connectivity index (χ4v) is 4.07. The predicted molar refractivity (Wildman–Crippen MR) is 120 cm³/mol. The number of hydrogen-bond donors (Lipinski definition) is 0. The van der Waals surface area contributed by atoms with Gasteiger partial charge in [0.15, 0.2) is 6.20 Å². The van der Waals surface area contributed by atoms with Crippen LogP contribution in [0.25, 0.3) is 33.2 Å². The molecule has 0 aliphatic carbocycles. The van der Waals surface area contributed by atoms with Crippen molar-refractivity contribution in [2.45, 2.75) is 40.5 Å². The van der Waals surface area contributed by atoms with E-state index in [2.05, 4.69) is 98.8 Å². The molecule has 3 heteroatoms. The van der Waals surface area contributed by atoms with E-state index >= 15 is 0 Å². The van der Waals surface area contributed by atoms with Crippen molar-refractivity contribution in [3.8, 4) is 22.4 Å². The number of fused-ring (bicyclic) bond motifs is 1. The lowest BCUT2D eigenvalue weighted by Gasteiger charge is -2.14. The van der Waals surface area contributed by atoms with E-state index in [9.17, 15) is 0 Å². The summed E-state index contributed by atoms with van der Waals surface area (Å²) in [5, 5.41) is 2.47. The molecule has 0 N–H and O–H groups in total. The summed E-state index contributed by atoms with van der Waals surface area (Å²) in [6, 6.07) is 13.2. The van der Waals surface area contributed by atoms with E-state index in [0.717, 1.165) is 17.0 Å². The van der Waals surface area contributed by atoms with Gasteiger partial charge in [-0.15, -0.1) is 0 Å². The molecule has 2 aromatic carbocycles. The molecule has 0 bridgehead atoms. The molecule has 0 aliphatic heterocycles. The van der Waals surface area contributed by atoms with Gasteiger partial charge in [0.2, 0.25) is 5.69 Å². The lowest BCUT2D eigenvalue weighted by Crippen LogP contribution is -2.31. The van der Waals surface area contributed by atoms with Crippen LogP contribution in [0.1, 0.15) is 42.3 Å². The van der Waals surface area contributed by atoms with Crippen LogP contribution in [0.15, 0.2) is 55.0 Å². The molecule has 0 saturated carbocycles. The third kappa shape index (κ3) is 3.42. The first-order chi connectivity index (χ1) is 13.9. The van der Waals surface area contributed by atoms with E-state index in [1.807, 2.05) is 12.4 Å². The Morgan fingerprint density at radius 1 is 0.862 bits per heavy atom. The standard InChI is InChI=1S/C26H28N3/c1-16(2)26-27-13-20(14-28-26)24-15-29(6)25(22-10-8-7-9-21(22)24)23-12-17(3)11-18(4)19(23)5/h7-16H,1-6H3/q+1. The molecule has 0 saturated heterocycles. The number of pyridine rings is 1. The maximum absolute atomic E-state index is 4.59. The third-order valence-corrected chi connectivity index (χ3v) is 5.71. The van der Waals surface area contributed by atoms with Crippen LogP contribution in [-0.4, -0.2) is 9.97 Å². The first kappa shape index (κ1) is 19.3. The molecule has 2 heterocycles. The number of rotatable bonds is 3. The number of aromatic nitrogens is 3. The van der Waals surface area contributed by atoms with Crippen molar-refractivity contribution in [3.63, 3.8) is 0 Å². The average molecular weight is 383 g/mol. The second-order valence-electron chi connectivity index (χ2n) is 8.29. The minimum atomic E-state index is 0.326. The Kier molecular flexibility index (Phi) is 4.91. The van der Waals surface area contributed by atoms with Crippen LogP contribution in [0.4, 0.5) is 0 Å². The molecular formula is C26H28N3+. The molecule has 29 heavy (non-hydrogen) atoms. The average Bonchev–Trinajstić information content (AvgIpc) is 2.70. The Morgan fingerprint density at radius 2 is 1.52 bits per heavy atom. The third-order valence-electron chi connectivity index (χ3n) is 5.71. The van der Waals surface area contributed by atoms with Gasteiger partial charge < -0.3 is 0 Å². The minimum absolute atomic E-state index is 0.326. The summed E-state index contributed by atoms with van der Waals surface area (Å²) in [7, 11) is 2.13. The highest BCUT2D eigenvalue weighted by molar-refractivity contribution is 6.02. The van der Waals surface area contributed by atoms with Gasteiger partial charge in [0.1, 0.15) is 12.9 Å². The van der Waals surface area contributed by atoms with Crippen LogP contribution >= 0.6 is 0 Å². The first-order valence-electron chi connectivity index (χ1n) is 10.2. The number of hydrogen-bond acceptors (Lipinski definition) is 2. The fourth-order valence-electron chi connectivity index (χ4n) is 4.07. The van der Waals surface area contributed by atoms with Gasteiger partial charge in [-0.05, 0) is 44.0 Å². The van der Waals surface area contributed by atoms with Crippen molar-refractivity contribution in [1.29, 1.82) is 0 Å². The highest BCUT2D eigenvalue weighted by atomic mass is 14.9. The monoisotopic (exact) mass is 382 g/mol. The van der Waals surface area contributed by atoms with E-state index in [-0.39, 0.29) is 0 Å². The van der Waals surface area contributed by atoms with Crippen LogP contribution in [0.3, 0.4) is 0 Å². The van der Waals surface area contributed by atoms with E-state index in [1.165, 1.54) is 38.7 Å². The summed E-state index contributed by atoms with van der Waals surface area (Å²) in [4.78, 5) is 9.18. The van der Waals surface area contributed by atoms with Crippen molar-refractivity contribution in [2.75, 3.05) is 0 Å². The van der Waals surface area contributed by atoms with Gasteiger partial charge in [0.25, 0.3) is 0 Å². The Morgan fingerprint density at radius 3 is 2.17 bits per heavy atom. The van der Waals surface area contributed by atoms with Gasteiger partial charge >= 0.3 is 0 Å². The molecule has 0 fully saturated rings. The number of benzene rings is 2. The Balaban J connectivity index is 2.00. The number of aryl methyl sites for hydroxylation is 3. The van der Waals surface area contributed by atoms with Crippen molar-refractivity contribution >= 4 is 10.8 Å². The van der Waals surface area contributed by atoms with Gasteiger partial charge in [-0.1, -0.05) is 43.7 Å². The minimum Gasteiger partial charge on any atom is -0.240 e. The molecule has 4 aromatic rings. The fraction of sp³-hybridized carbons (Fsp3) is 0.269. The smallest absolute Gasteiger partial charge is 0.220 e. The summed E-state index contributed by atoms with van der Waals surface area (Å²) in [6.07, 6.45) is 6.11. The Bertz CT molecular complexity index is 1210. The number of nitrogens with zero attached hydrogens (tertiary/aromatic N) is 3. The second-order valence-corrected chi connectivity index (χ2v) is 8.29. The molecular weight excluding hydrogens is 354 g/mol. The highest BCUT2D eigenvalue weighted by Crippen LogP contribution is 2.34. The van der Waals surface area contributed by atoms with Gasteiger partial charge in [-0.3, -0.25) is 0 Å². The van der Waals surface area contributed by atoms with Crippen molar-refractivity contribution in [1.82, 2.24) is 9.97 Å². The molecule has 4 rings (SSSR count). The largest absolute Gasteiger partial charge is 0.240 e. The van der Waals surface area contributed by atoms with Crippen molar-refractivity contribution < 1.29 is 4.57 Å². The van der Waals surface area contributed by atoms with Crippen LogP contribution < -0.4 is 4.57 Å². The van der Waals surface area contributed by atoms with Crippen LogP contribution in [0.5, 0.6) is 0 Å². The molecule has 0 aliphatic rings. The summed E-state index contributed by atoms with van der Waals surface area (Å²) in [5.74, 6) is 1.21. The van der Waals surface area contributed by atoms with Crippen LogP contribution in [-0.2, 0) is 7.05 Å². The molecule has 0 atom stereocenters. The van der Waals surface area contributed by atoms with Gasteiger partial charge in [-0.25, -0.2) is 9.97 Å². The van der Waals surface area contributed by atoms with Crippen molar-refractivity contribution in [3.05, 3.63) is 77.5 Å².